The highest BCUT2D eigenvalue weighted by atomic mass is 16.5. The molecular formula is C19H35NO6. The Morgan fingerprint density at radius 3 is 1.54 bits per heavy atom. The fraction of sp³-hybridized carbons (Fsp3) is 0.842. The number of unbranched alkanes of at least 4 members (excludes halogenated alkanes) is 10. The summed E-state index contributed by atoms with van der Waals surface area (Å²) >= 11 is 0. The van der Waals surface area contributed by atoms with Crippen LogP contribution in [0.25, 0.3) is 0 Å². The zero-order valence-electron chi connectivity index (χ0n) is 16.1. The van der Waals surface area contributed by atoms with Crippen molar-refractivity contribution in [3.63, 3.8) is 0 Å². The zero-order chi connectivity index (χ0) is 19.6. The van der Waals surface area contributed by atoms with Crippen molar-refractivity contribution in [3.05, 3.63) is 0 Å². The van der Waals surface area contributed by atoms with Gasteiger partial charge in [-0.15, -0.1) is 0 Å². The minimum Gasteiger partial charge on any atom is -0.480 e. The van der Waals surface area contributed by atoms with E-state index in [-0.39, 0.29) is 6.54 Å². The minimum atomic E-state index is -1.18. The van der Waals surface area contributed by atoms with Crippen molar-refractivity contribution in [1.82, 2.24) is 4.90 Å². The Morgan fingerprint density at radius 2 is 1.12 bits per heavy atom. The number of ether oxygens (including phenoxy) is 1. The molecule has 26 heavy (non-hydrogen) atoms. The number of aliphatic carboxylic acids is 2. The zero-order valence-corrected chi connectivity index (χ0v) is 16.1. The lowest BCUT2D eigenvalue weighted by Crippen LogP contribution is -2.38. The summed E-state index contributed by atoms with van der Waals surface area (Å²) in [5, 5.41) is 17.4. The van der Waals surface area contributed by atoms with Gasteiger partial charge in [-0.2, -0.15) is 0 Å². The van der Waals surface area contributed by atoms with Crippen molar-refractivity contribution in [2.24, 2.45) is 0 Å². The third-order valence-electron chi connectivity index (χ3n) is 4.08. The summed E-state index contributed by atoms with van der Waals surface area (Å²) in [5.41, 5.74) is 0. The van der Waals surface area contributed by atoms with Crippen LogP contribution in [0, 0.1) is 0 Å². The van der Waals surface area contributed by atoms with Crippen LogP contribution in [-0.2, 0) is 19.1 Å². The molecule has 0 bridgehead atoms. The van der Waals surface area contributed by atoms with Crippen LogP contribution >= 0.6 is 0 Å². The van der Waals surface area contributed by atoms with Gasteiger partial charge in [-0.1, -0.05) is 71.1 Å². The maximum Gasteiger partial charge on any atom is 0.320 e. The highest BCUT2D eigenvalue weighted by molar-refractivity contribution is 5.76. The Hall–Kier alpha value is -1.63. The van der Waals surface area contributed by atoms with Crippen LogP contribution in [0.5, 0.6) is 0 Å². The van der Waals surface area contributed by atoms with Crippen molar-refractivity contribution in [2.45, 2.75) is 77.6 Å². The molecule has 152 valence electrons. The lowest BCUT2D eigenvalue weighted by atomic mass is 10.1. The van der Waals surface area contributed by atoms with Gasteiger partial charge >= 0.3 is 17.9 Å². The summed E-state index contributed by atoms with van der Waals surface area (Å²) in [6.07, 6.45) is 13.3. The van der Waals surface area contributed by atoms with Crippen LogP contribution in [-0.4, -0.2) is 59.3 Å². The molecule has 0 aliphatic rings. The Labute approximate surface area is 156 Å². The topological polar surface area (TPSA) is 104 Å². The highest BCUT2D eigenvalue weighted by Crippen LogP contribution is 2.11. The molecule has 0 atom stereocenters. The molecule has 0 saturated heterocycles. The average molecular weight is 373 g/mol. The van der Waals surface area contributed by atoms with E-state index < -0.39 is 31.0 Å². The fourth-order valence-corrected chi connectivity index (χ4v) is 2.73. The van der Waals surface area contributed by atoms with E-state index >= 15 is 0 Å². The van der Waals surface area contributed by atoms with E-state index in [1.54, 1.807) is 0 Å². The Balaban J connectivity index is 3.57. The normalized spacial score (nSPS) is 10.8. The molecule has 0 rings (SSSR count). The van der Waals surface area contributed by atoms with Gasteiger partial charge in [0.05, 0.1) is 26.2 Å². The second kappa shape index (κ2) is 16.8. The molecule has 0 aliphatic heterocycles. The number of esters is 1. The smallest absolute Gasteiger partial charge is 0.320 e. The Bertz CT molecular complexity index is 383. The number of hydrogen-bond donors (Lipinski definition) is 2. The quantitative estimate of drug-likeness (QED) is 0.280. The van der Waals surface area contributed by atoms with Gasteiger partial charge in [0.1, 0.15) is 0 Å². The minimum absolute atomic E-state index is 0.295. The molecule has 0 spiro atoms. The maximum atomic E-state index is 11.6. The second-order valence-corrected chi connectivity index (χ2v) is 6.69. The van der Waals surface area contributed by atoms with E-state index in [2.05, 4.69) is 6.92 Å². The Kier molecular flexibility index (Phi) is 15.8. The largest absolute Gasteiger partial charge is 0.480 e. The summed E-state index contributed by atoms with van der Waals surface area (Å²) in [7, 11) is 0. The maximum absolute atomic E-state index is 11.6. The van der Waals surface area contributed by atoms with Crippen molar-refractivity contribution >= 4 is 17.9 Å². The first kappa shape index (κ1) is 24.4. The van der Waals surface area contributed by atoms with Gasteiger partial charge in [-0.25, -0.2) is 0 Å². The third kappa shape index (κ3) is 17.2. The molecular weight excluding hydrogens is 338 g/mol. The van der Waals surface area contributed by atoms with Gasteiger partial charge in [0.25, 0.3) is 0 Å². The van der Waals surface area contributed by atoms with Gasteiger partial charge in [0.15, 0.2) is 0 Å². The molecule has 0 aromatic carbocycles. The first-order chi connectivity index (χ1) is 12.5. The molecule has 0 aromatic heterocycles. The molecule has 2 N–H and O–H groups in total. The van der Waals surface area contributed by atoms with E-state index in [1.165, 1.54) is 51.4 Å². The van der Waals surface area contributed by atoms with Gasteiger partial charge in [-0.05, 0) is 6.42 Å². The van der Waals surface area contributed by atoms with Crippen LogP contribution in [0.15, 0.2) is 0 Å². The summed E-state index contributed by atoms with van der Waals surface area (Å²) in [6, 6.07) is 0. The van der Waals surface area contributed by atoms with Crippen molar-refractivity contribution in [1.29, 1.82) is 0 Å². The predicted octanol–water partition coefficient (Wildman–Crippen LogP) is 3.31. The molecule has 0 saturated carbocycles. The lowest BCUT2D eigenvalue weighted by Gasteiger charge is -2.16. The van der Waals surface area contributed by atoms with Crippen LogP contribution in [0.2, 0.25) is 0 Å². The van der Waals surface area contributed by atoms with E-state index in [4.69, 9.17) is 14.9 Å². The monoisotopic (exact) mass is 373 g/mol. The van der Waals surface area contributed by atoms with Gasteiger partial charge in [-0.3, -0.25) is 19.3 Å². The molecule has 7 heteroatoms. The number of carboxylic acid groups (broad SMARTS) is 2. The molecule has 0 aliphatic carbocycles. The molecule has 0 heterocycles. The SMILES string of the molecule is CCCCCCCCCCCCCOC(=O)CN(CC(=O)O)CC(=O)O. The number of carbonyl (C=O) groups is 3. The number of rotatable bonds is 18. The van der Waals surface area contributed by atoms with E-state index in [0.717, 1.165) is 24.2 Å². The van der Waals surface area contributed by atoms with Gasteiger partial charge in [0.2, 0.25) is 0 Å². The van der Waals surface area contributed by atoms with Crippen molar-refractivity contribution in [3.8, 4) is 0 Å². The van der Waals surface area contributed by atoms with E-state index in [1.807, 2.05) is 0 Å². The summed E-state index contributed by atoms with van der Waals surface area (Å²) in [6.45, 7) is 1.19. The van der Waals surface area contributed by atoms with E-state index in [9.17, 15) is 14.4 Å². The van der Waals surface area contributed by atoms with Crippen LogP contribution in [0.3, 0.4) is 0 Å². The molecule has 0 unspecified atom stereocenters. The molecule has 0 aromatic rings. The third-order valence-corrected chi connectivity index (χ3v) is 4.08. The van der Waals surface area contributed by atoms with Gasteiger partial charge < -0.3 is 14.9 Å². The van der Waals surface area contributed by atoms with Gasteiger partial charge in [0, 0.05) is 0 Å². The summed E-state index contributed by atoms with van der Waals surface area (Å²) in [4.78, 5) is 34.0. The Morgan fingerprint density at radius 1 is 0.692 bits per heavy atom. The average Bonchev–Trinajstić information content (AvgIpc) is 2.54. The number of carbonyl (C=O) groups excluding carboxylic acids is 1. The second-order valence-electron chi connectivity index (χ2n) is 6.69. The number of carboxylic acids is 2. The highest BCUT2D eigenvalue weighted by Gasteiger charge is 2.17. The fourth-order valence-electron chi connectivity index (χ4n) is 2.73. The predicted molar refractivity (Wildman–Crippen MR) is 99.1 cm³/mol. The first-order valence-corrected chi connectivity index (χ1v) is 9.77. The number of hydrogen-bond acceptors (Lipinski definition) is 5. The molecule has 0 fully saturated rings. The summed E-state index contributed by atoms with van der Waals surface area (Å²) < 4.78 is 5.05. The van der Waals surface area contributed by atoms with Crippen molar-refractivity contribution < 1.29 is 29.3 Å². The molecule has 0 radical (unpaired) electrons. The first-order valence-electron chi connectivity index (χ1n) is 9.77. The number of nitrogens with zero attached hydrogens (tertiary/aromatic N) is 1. The van der Waals surface area contributed by atoms with E-state index in [0.29, 0.717) is 6.61 Å². The van der Waals surface area contributed by atoms with Crippen LogP contribution in [0.1, 0.15) is 77.6 Å². The van der Waals surface area contributed by atoms with Crippen molar-refractivity contribution in [2.75, 3.05) is 26.2 Å². The lowest BCUT2D eigenvalue weighted by molar-refractivity contribution is -0.148. The van der Waals surface area contributed by atoms with Crippen LogP contribution in [0.4, 0.5) is 0 Å². The molecule has 7 nitrogen and oxygen atoms in total. The van der Waals surface area contributed by atoms with Crippen LogP contribution < -0.4 is 0 Å². The molecule has 0 amide bonds. The summed E-state index contributed by atoms with van der Waals surface area (Å²) in [5.74, 6) is -2.94. The standard InChI is InChI=1S/C19H35NO6/c1-2-3-4-5-6-7-8-9-10-11-12-13-26-19(25)16-20(14-17(21)22)15-18(23)24/h2-16H2,1H3,(H,21,22)(H,23,24).